The first kappa shape index (κ1) is 28.3. The largest absolute Gasteiger partial charge is 0.464 e. The number of carbonyl (C=O) groups excluding carboxylic acids is 3. The minimum atomic E-state index is -1.64. The maximum atomic E-state index is 13.9. The summed E-state index contributed by atoms with van der Waals surface area (Å²) in [6.45, 7) is 0.392. The van der Waals surface area contributed by atoms with Crippen molar-refractivity contribution in [3.8, 4) is 0 Å². The van der Waals surface area contributed by atoms with Crippen LogP contribution in [0.25, 0.3) is 17.0 Å². The molecular weight excluding hydrogens is 554 g/mol. The van der Waals surface area contributed by atoms with Gasteiger partial charge in [-0.05, 0) is 23.3 Å². The van der Waals surface area contributed by atoms with E-state index in [1.807, 2.05) is 28.8 Å². The van der Waals surface area contributed by atoms with Gasteiger partial charge in [0.2, 0.25) is 0 Å². The Labute approximate surface area is 246 Å². The van der Waals surface area contributed by atoms with E-state index >= 15 is 0 Å². The summed E-state index contributed by atoms with van der Waals surface area (Å²) in [6.07, 6.45) is 0.561. The number of para-hydroxylation sites is 1. The zero-order valence-corrected chi connectivity index (χ0v) is 22.9. The molecule has 2 fully saturated rings. The maximum absolute atomic E-state index is 13.9. The SMILES string of the molecule is O=C1OCCC1n1cc(C=C2C(=O)N(Cc3ccc(C(O)O)cc3)N(Cc3ccc(C(O)O)cc3)C2=O)c2ccccc21. The number of fused-ring (bicyclic) bond motifs is 1. The lowest BCUT2D eigenvalue weighted by atomic mass is 10.1. The molecule has 6 rings (SSSR count). The molecule has 43 heavy (non-hydrogen) atoms. The summed E-state index contributed by atoms with van der Waals surface area (Å²) in [5.74, 6) is -1.36. The molecule has 0 spiro atoms. The second-order valence-electron chi connectivity index (χ2n) is 10.5. The first-order valence-electron chi connectivity index (χ1n) is 13.7. The van der Waals surface area contributed by atoms with Crippen molar-refractivity contribution in [3.05, 3.63) is 112 Å². The van der Waals surface area contributed by atoms with Crippen LogP contribution in [0.5, 0.6) is 0 Å². The normalized spacial score (nSPS) is 17.2. The molecule has 1 aromatic heterocycles. The lowest BCUT2D eigenvalue weighted by molar-refractivity contribution is -0.149. The summed E-state index contributed by atoms with van der Waals surface area (Å²) in [4.78, 5) is 40.1. The first-order chi connectivity index (χ1) is 20.7. The molecule has 220 valence electrons. The zero-order valence-electron chi connectivity index (χ0n) is 22.9. The van der Waals surface area contributed by atoms with Gasteiger partial charge in [-0.2, -0.15) is 0 Å². The summed E-state index contributed by atoms with van der Waals surface area (Å²) in [5.41, 5.74) is 3.23. The number of aliphatic hydroxyl groups excluding tert-OH is 2. The van der Waals surface area contributed by atoms with E-state index in [2.05, 4.69) is 0 Å². The fraction of sp³-hybridized carbons (Fsp3) is 0.219. The topological polar surface area (TPSA) is 153 Å². The van der Waals surface area contributed by atoms with Crippen molar-refractivity contribution in [2.24, 2.45) is 0 Å². The summed E-state index contributed by atoms with van der Waals surface area (Å²) in [5, 5.41) is 41.2. The summed E-state index contributed by atoms with van der Waals surface area (Å²) in [6, 6.07) is 19.7. The number of amides is 2. The fourth-order valence-electron chi connectivity index (χ4n) is 5.46. The minimum Gasteiger partial charge on any atom is -0.464 e. The molecule has 2 aliphatic heterocycles. The molecule has 0 saturated carbocycles. The van der Waals surface area contributed by atoms with E-state index in [-0.39, 0.29) is 24.6 Å². The van der Waals surface area contributed by atoms with Crippen molar-refractivity contribution in [2.75, 3.05) is 6.61 Å². The number of esters is 1. The van der Waals surface area contributed by atoms with Crippen molar-refractivity contribution >= 4 is 34.8 Å². The Bertz CT molecular complexity index is 1650. The van der Waals surface area contributed by atoms with E-state index in [4.69, 9.17) is 4.74 Å². The van der Waals surface area contributed by atoms with Crippen LogP contribution in [0.15, 0.2) is 84.6 Å². The van der Waals surface area contributed by atoms with Crippen molar-refractivity contribution in [1.29, 1.82) is 0 Å². The van der Waals surface area contributed by atoms with Gasteiger partial charge in [-0.1, -0.05) is 66.7 Å². The Morgan fingerprint density at radius 2 is 1.30 bits per heavy atom. The molecule has 1 atom stereocenters. The minimum absolute atomic E-state index is 0.0346. The van der Waals surface area contributed by atoms with Gasteiger partial charge in [-0.3, -0.25) is 9.59 Å². The van der Waals surface area contributed by atoms with Crippen LogP contribution in [0, 0.1) is 0 Å². The molecule has 3 aromatic carbocycles. The van der Waals surface area contributed by atoms with E-state index < -0.39 is 30.4 Å². The average molecular weight is 584 g/mol. The van der Waals surface area contributed by atoms with Gasteiger partial charge in [-0.25, -0.2) is 14.8 Å². The number of aliphatic hydroxyl groups is 4. The van der Waals surface area contributed by atoms with Gasteiger partial charge in [0, 0.05) is 40.2 Å². The van der Waals surface area contributed by atoms with Gasteiger partial charge < -0.3 is 29.7 Å². The number of rotatable bonds is 8. The second-order valence-corrected chi connectivity index (χ2v) is 10.5. The molecule has 4 N–H and O–H groups in total. The molecule has 2 saturated heterocycles. The van der Waals surface area contributed by atoms with Crippen LogP contribution in [-0.4, -0.2) is 59.4 Å². The monoisotopic (exact) mass is 583 g/mol. The van der Waals surface area contributed by atoms with E-state index in [9.17, 15) is 34.8 Å². The number of hydrogen-bond acceptors (Lipinski definition) is 8. The van der Waals surface area contributed by atoms with Crippen molar-refractivity contribution < 1.29 is 39.5 Å². The first-order valence-corrected chi connectivity index (χ1v) is 13.7. The molecule has 2 aliphatic rings. The Kier molecular flexibility index (Phi) is 7.55. The number of ether oxygens (including phenoxy) is 1. The van der Waals surface area contributed by atoms with Crippen molar-refractivity contribution in [3.63, 3.8) is 0 Å². The zero-order chi connectivity index (χ0) is 30.2. The average Bonchev–Trinajstić information content (AvgIpc) is 3.65. The third kappa shape index (κ3) is 5.42. The maximum Gasteiger partial charge on any atom is 0.329 e. The summed E-state index contributed by atoms with van der Waals surface area (Å²) < 4.78 is 7.00. The van der Waals surface area contributed by atoms with Gasteiger partial charge >= 0.3 is 5.97 Å². The van der Waals surface area contributed by atoms with Gasteiger partial charge in [0.25, 0.3) is 11.8 Å². The molecule has 0 bridgehead atoms. The highest BCUT2D eigenvalue weighted by Gasteiger charge is 2.41. The second kappa shape index (κ2) is 11.5. The van der Waals surface area contributed by atoms with Crippen LogP contribution in [0.2, 0.25) is 0 Å². The van der Waals surface area contributed by atoms with Crippen LogP contribution in [-0.2, 0) is 32.2 Å². The summed E-state index contributed by atoms with van der Waals surface area (Å²) in [7, 11) is 0. The van der Waals surface area contributed by atoms with Gasteiger partial charge in [0.1, 0.15) is 11.6 Å². The molecule has 4 aromatic rings. The lowest BCUT2D eigenvalue weighted by Gasteiger charge is -2.27. The van der Waals surface area contributed by atoms with Crippen LogP contribution in [0.1, 0.15) is 52.9 Å². The highest BCUT2D eigenvalue weighted by Crippen LogP contribution is 2.33. The lowest BCUT2D eigenvalue weighted by Crippen LogP contribution is -2.39. The molecular formula is C32H29N3O8. The standard InChI is InChI=1S/C32H29N3O8/c36-28-25(15-23-18-33(27-13-14-43-32(27)42)26-4-2-1-3-24(23)26)29(37)35(17-20-7-11-22(12-8-20)31(40)41)34(28)16-19-5-9-21(10-6-19)30(38)39/h1-12,15,18,27,30-31,38-41H,13-14,16-17H2. The van der Waals surface area contributed by atoms with E-state index in [1.54, 1.807) is 36.5 Å². The van der Waals surface area contributed by atoms with E-state index in [0.717, 1.165) is 10.9 Å². The number of carbonyl (C=O) groups is 3. The highest BCUT2D eigenvalue weighted by atomic mass is 16.5. The predicted molar refractivity (Wildman–Crippen MR) is 153 cm³/mol. The Hall–Kier alpha value is -4.81. The fourth-order valence-corrected chi connectivity index (χ4v) is 5.46. The van der Waals surface area contributed by atoms with E-state index in [0.29, 0.717) is 40.8 Å². The third-order valence-electron chi connectivity index (χ3n) is 7.76. The van der Waals surface area contributed by atoms with Crippen LogP contribution in [0.4, 0.5) is 0 Å². The molecule has 0 radical (unpaired) electrons. The number of cyclic esters (lactones) is 1. The van der Waals surface area contributed by atoms with Gasteiger partial charge in [0.15, 0.2) is 12.6 Å². The van der Waals surface area contributed by atoms with Crippen molar-refractivity contribution in [1.82, 2.24) is 14.6 Å². The third-order valence-corrected chi connectivity index (χ3v) is 7.76. The molecule has 11 heteroatoms. The highest BCUT2D eigenvalue weighted by molar-refractivity contribution is 6.25. The van der Waals surface area contributed by atoms with E-state index in [1.165, 1.54) is 34.3 Å². The summed E-state index contributed by atoms with van der Waals surface area (Å²) >= 11 is 0. The Morgan fingerprint density at radius 1 is 0.767 bits per heavy atom. The predicted octanol–water partition coefficient (Wildman–Crippen LogP) is 2.47. The molecule has 1 unspecified atom stereocenters. The molecule has 11 nitrogen and oxygen atoms in total. The number of hydrogen-bond donors (Lipinski definition) is 4. The van der Waals surface area contributed by atoms with Crippen LogP contribution >= 0.6 is 0 Å². The number of hydrazine groups is 1. The number of aromatic nitrogens is 1. The van der Waals surface area contributed by atoms with Crippen LogP contribution in [0.3, 0.4) is 0 Å². The number of nitrogens with zero attached hydrogens (tertiary/aromatic N) is 3. The molecule has 0 aliphatic carbocycles. The Morgan fingerprint density at radius 3 is 1.79 bits per heavy atom. The van der Waals surface area contributed by atoms with Gasteiger partial charge in [-0.15, -0.1) is 0 Å². The van der Waals surface area contributed by atoms with Gasteiger partial charge in [0.05, 0.1) is 19.7 Å². The molecule has 3 heterocycles. The van der Waals surface area contributed by atoms with Crippen LogP contribution < -0.4 is 0 Å². The Balaban J connectivity index is 1.38. The molecule has 2 amide bonds. The quantitative estimate of drug-likeness (QED) is 0.107. The smallest absolute Gasteiger partial charge is 0.329 e. The van der Waals surface area contributed by atoms with Crippen molar-refractivity contribution in [2.45, 2.75) is 38.1 Å². The number of benzene rings is 3.